The average Bonchev–Trinajstić information content (AvgIpc) is 3.62. The Kier molecular flexibility index (Phi) is 9.69. The van der Waals surface area contributed by atoms with Gasteiger partial charge < -0.3 is 24.4 Å². The smallest absolute Gasteiger partial charge is 0.488 e. The number of benzene rings is 5. The maximum absolute atomic E-state index is 9.57. The monoisotopic (exact) mass is 667 g/mol. The number of anilines is 3. The van der Waals surface area contributed by atoms with Gasteiger partial charge in [0.2, 0.25) is 0 Å². The summed E-state index contributed by atoms with van der Waals surface area (Å²) in [5, 5.41) is 19.1. The van der Waals surface area contributed by atoms with Gasteiger partial charge in [0.05, 0.1) is 25.9 Å². The van der Waals surface area contributed by atoms with E-state index in [9.17, 15) is 10.0 Å². The number of rotatable bonds is 11. The van der Waals surface area contributed by atoms with E-state index in [1.54, 1.807) is 26.4 Å². The lowest BCUT2D eigenvalue weighted by atomic mass is 9.72. The molecule has 0 fully saturated rings. The van der Waals surface area contributed by atoms with Crippen molar-refractivity contribution in [1.82, 2.24) is 8.75 Å². The molecule has 0 saturated heterocycles. The molecule has 6 rings (SSSR count). The zero-order chi connectivity index (χ0) is 34.7. The van der Waals surface area contributed by atoms with E-state index in [4.69, 9.17) is 18.2 Å². The van der Waals surface area contributed by atoms with Gasteiger partial charge >= 0.3 is 7.12 Å². The van der Waals surface area contributed by atoms with Gasteiger partial charge in [-0.2, -0.15) is 8.75 Å². The lowest BCUT2D eigenvalue weighted by Gasteiger charge is -2.30. The van der Waals surface area contributed by atoms with Crippen molar-refractivity contribution in [2.75, 3.05) is 19.1 Å². The molecule has 9 heteroatoms. The van der Waals surface area contributed by atoms with E-state index in [2.05, 4.69) is 67.8 Å². The van der Waals surface area contributed by atoms with Crippen LogP contribution in [0.25, 0.3) is 28.2 Å². The van der Waals surface area contributed by atoms with Gasteiger partial charge in [-0.25, -0.2) is 0 Å². The molecule has 0 saturated carbocycles. The molecular weight excluding hydrogens is 629 g/mol. The molecule has 0 radical (unpaired) electrons. The van der Waals surface area contributed by atoms with E-state index in [0.29, 0.717) is 5.46 Å². The summed E-state index contributed by atoms with van der Waals surface area (Å²) in [6.45, 7) is 10.6. The molecule has 0 aliphatic carbocycles. The first-order valence-electron chi connectivity index (χ1n) is 15.9. The highest BCUT2D eigenvalue weighted by molar-refractivity contribution is 7.00. The van der Waals surface area contributed by atoms with E-state index in [1.165, 1.54) is 11.7 Å². The van der Waals surface area contributed by atoms with E-state index < -0.39 is 12.5 Å². The summed E-state index contributed by atoms with van der Waals surface area (Å²) >= 11 is 1.20. The third-order valence-electron chi connectivity index (χ3n) is 8.91. The minimum atomic E-state index is -1.51. The summed E-state index contributed by atoms with van der Waals surface area (Å²) in [6, 6.07) is 36.0. The summed E-state index contributed by atoms with van der Waals surface area (Å²) in [7, 11) is 1.83. The van der Waals surface area contributed by atoms with Crippen LogP contribution in [0.15, 0.2) is 127 Å². The average molecular weight is 668 g/mol. The van der Waals surface area contributed by atoms with Crippen molar-refractivity contribution in [3.63, 3.8) is 0 Å². The lowest BCUT2D eigenvalue weighted by Crippen LogP contribution is -2.30. The molecule has 6 aromatic rings. The van der Waals surface area contributed by atoms with Gasteiger partial charge in [0.15, 0.2) is 0 Å². The molecule has 0 bridgehead atoms. The molecule has 2 N–H and O–H groups in total. The Morgan fingerprint density at radius 2 is 1.24 bits per heavy atom. The number of nitrogens with zero attached hydrogens (tertiary/aromatic N) is 3. The van der Waals surface area contributed by atoms with E-state index >= 15 is 0 Å². The molecule has 246 valence electrons. The van der Waals surface area contributed by atoms with Crippen molar-refractivity contribution in [2.45, 2.75) is 26.2 Å². The predicted molar refractivity (Wildman–Crippen MR) is 203 cm³/mol. The Hall–Kier alpha value is -5.22. The SMILES string of the molecule is C=C(C)/C(=C\c1ccc(-c2ccc(N(c3ccc(OC)cc3)c3ccc(OC)cc3)cc2)c2nsnc12)C(C)(C)c1ccc(B(O)O)cc1. The standard InChI is InChI=1S/C40H38BN3O4S/c1-26(2)37(40(3,4)29-10-12-30(13-11-29)41(45)46)25-28-9-24-36(39-38(28)42-49-43-39)27-7-14-31(15-8-27)44(32-16-20-34(47-5)21-17-32)33-18-22-35(48-6)23-19-33/h7-25,45-46H,1H2,2-6H3/b37-25+. The second-order valence-electron chi connectivity index (χ2n) is 12.4. The van der Waals surface area contributed by atoms with Crippen molar-refractivity contribution in [3.8, 4) is 22.6 Å². The molecule has 5 aromatic carbocycles. The zero-order valence-electron chi connectivity index (χ0n) is 28.2. The van der Waals surface area contributed by atoms with Crippen LogP contribution in [0.2, 0.25) is 0 Å². The summed E-state index contributed by atoms with van der Waals surface area (Å²) in [4.78, 5) is 2.19. The zero-order valence-corrected chi connectivity index (χ0v) is 29.0. The topological polar surface area (TPSA) is 87.9 Å². The van der Waals surface area contributed by atoms with Crippen molar-refractivity contribution in [3.05, 3.63) is 138 Å². The van der Waals surface area contributed by atoms with Gasteiger partial charge in [0, 0.05) is 33.6 Å². The van der Waals surface area contributed by atoms with Gasteiger partial charge in [-0.1, -0.05) is 74.5 Å². The molecule has 0 amide bonds. The molecule has 0 aliphatic heterocycles. The minimum Gasteiger partial charge on any atom is -0.497 e. The maximum Gasteiger partial charge on any atom is 0.488 e. The first-order chi connectivity index (χ1) is 23.6. The van der Waals surface area contributed by atoms with Gasteiger partial charge in [-0.15, -0.1) is 0 Å². The van der Waals surface area contributed by atoms with Crippen molar-refractivity contribution >= 4 is 58.5 Å². The van der Waals surface area contributed by atoms with Gasteiger partial charge in [-0.3, -0.25) is 0 Å². The third kappa shape index (κ3) is 6.87. The summed E-state index contributed by atoms with van der Waals surface area (Å²) < 4.78 is 20.3. The second kappa shape index (κ2) is 14.1. The maximum atomic E-state index is 9.57. The molecule has 7 nitrogen and oxygen atoms in total. The summed E-state index contributed by atoms with van der Waals surface area (Å²) in [5.41, 5.74) is 10.7. The second-order valence-corrected chi connectivity index (χ2v) is 12.9. The van der Waals surface area contributed by atoms with Crippen molar-refractivity contribution < 1.29 is 19.5 Å². The van der Waals surface area contributed by atoms with Gasteiger partial charge in [-0.05, 0) is 95.8 Å². The largest absolute Gasteiger partial charge is 0.497 e. The molecule has 1 aromatic heterocycles. The highest BCUT2D eigenvalue weighted by atomic mass is 32.1. The molecule has 0 aliphatic rings. The number of fused-ring (bicyclic) bond motifs is 1. The van der Waals surface area contributed by atoms with E-state index in [-0.39, 0.29) is 0 Å². The van der Waals surface area contributed by atoms with Crippen LogP contribution in [0.5, 0.6) is 11.5 Å². The fourth-order valence-electron chi connectivity index (χ4n) is 6.15. The molecule has 0 unspecified atom stereocenters. The quantitative estimate of drug-likeness (QED) is 0.106. The van der Waals surface area contributed by atoms with Crippen molar-refractivity contribution in [1.29, 1.82) is 0 Å². The molecule has 49 heavy (non-hydrogen) atoms. The van der Waals surface area contributed by atoms with Crippen LogP contribution in [-0.2, 0) is 5.41 Å². The van der Waals surface area contributed by atoms with Crippen LogP contribution in [0.3, 0.4) is 0 Å². The highest BCUT2D eigenvalue weighted by Gasteiger charge is 2.27. The Balaban J connectivity index is 1.36. The number of hydrogen-bond donors (Lipinski definition) is 2. The lowest BCUT2D eigenvalue weighted by molar-refractivity contribution is 0.415. The Morgan fingerprint density at radius 3 is 1.73 bits per heavy atom. The first-order valence-corrected chi connectivity index (χ1v) is 16.6. The number of methoxy groups -OCH3 is 2. The number of allylic oxidation sites excluding steroid dienone is 2. The molecular formula is C40H38BN3O4S. The molecule has 0 atom stereocenters. The summed E-state index contributed by atoms with van der Waals surface area (Å²) in [6.07, 6.45) is 2.15. The molecule has 1 heterocycles. The Labute approximate surface area is 291 Å². The molecule has 0 spiro atoms. The Bertz CT molecular complexity index is 2060. The van der Waals surface area contributed by atoms with Crippen molar-refractivity contribution in [2.24, 2.45) is 0 Å². The summed E-state index contributed by atoms with van der Waals surface area (Å²) in [5.74, 6) is 1.59. The normalized spacial score (nSPS) is 11.8. The minimum absolute atomic E-state index is 0.408. The Morgan fingerprint density at radius 1 is 0.735 bits per heavy atom. The van der Waals surface area contributed by atoms with Crippen LogP contribution in [-0.4, -0.2) is 40.1 Å². The van der Waals surface area contributed by atoms with Crippen LogP contribution in [0.4, 0.5) is 17.1 Å². The van der Waals surface area contributed by atoms with Gasteiger partial charge in [0.25, 0.3) is 0 Å². The van der Waals surface area contributed by atoms with Crippen LogP contribution >= 0.6 is 11.7 Å². The number of aromatic nitrogens is 2. The number of hydrogen-bond acceptors (Lipinski definition) is 8. The fourth-order valence-corrected chi connectivity index (χ4v) is 6.74. The number of ether oxygens (including phenoxy) is 2. The first kappa shape index (κ1) is 33.7. The fraction of sp³-hybridized carbons (Fsp3) is 0.150. The van der Waals surface area contributed by atoms with E-state index in [1.807, 2.05) is 67.6 Å². The van der Waals surface area contributed by atoms with Crippen LogP contribution < -0.4 is 19.8 Å². The highest BCUT2D eigenvalue weighted by Crippen LogP contribution is 2.40. The van der Waals surface area contributed by atoms with Gasteiger partial charge in [0.1, 0.15) is 22.5 Å². The van der Waals surface area contributed by atoms with Crippen LogP contribution in [0.1, 0.15) is 31.9 Å². The van der Waals surface area contributed by atoms with E-state index in [0.717, 1.165) is 73.0 Å². The third-order valence-corrected chi connectivity index (χ3v) is 9.44. The van der Waals surface area contributed by atoms with Crippen LogP contribution in [0, 0.1) is 0 Å². The predicted octanol–water partition coefficient (Wildman–Crippen LogP) is 8.46.